The van der Waals surface area contributed by atoms with Crippen molar-refractivity contribution in [3.63, 3.8) is 0 Å². The van der Waals surface area contributed by atoms with Crippen LogP contribution in [0.15, 0.2) is 30.3 Å². The minimum absolute atomic E-state index is 0.201. The van der Waals surface area contributed by atoms with Crippen LogP contribution in [0.3, 0.4) is 0 Å². The molecule has 0 bridgehead atoms. The van der Waals surface area contributed by atoms with Gasteiger partial charge in [-0.15, -0.1) is 0 Å². The Balaban J connectivity index is 2.10. The predicted octanol–water partition coefficient (Wildman–Crippen LogP) is 5.55. The Labute approximate surface area is 209 Å². The molecule has 1 amide bonds. The van der Waals surface area contributed by atoms with E-state index in [2.05, 4.69) is 5.09 Å². The van der Waals surface area contributed by atoms with Crippen LogP contribution in [0.5, 0.6) is 5.75 Å². The third-order valence-electron chi connectivity index (χ3n) is 5.61. The number of benzene rings is 1. The number of hydrogen-bond acceptors (Lipinski definition) is 7. The number of esters is 1. The second-order valence-corrected chi connectivity index (χ2v) is 11.5. The summed E-state index contributed by atoms with van der Waals surface area (Å²) >= 11 is 0. The summed E-state index contributed by atoms with van der Waals surface area (Å²) in [6, 6.07) is 7.69. The average Bonchev–Trinajstić information content (AvgIpc) is 2.79. The Morgan fingerprint density at radius 3 is 2.43 bits per heavy atom. The summed E-state index contributed by atoms with van der Waals surface area (Å²) in [6.07, 6.45) is 2.03. The predicted molar refractivity (Wildman–Crippen MR) is 134 cm³/mol. The van der Waals surface area contributed by atoms with Gasteiger partial charge in [0.05, 0.1) is 19.3 Å². The normalized spacial score (nSPS) is 19.1. The standard InChI is InChI=1S/C25H41N2O7P/c1-7-20(8-2)18-31-23(28)19(3)26-35(30,33-21-13-10-9-11-14-21)34-22-15-12-16-27(17-22)24(29)32-25(4,5)6/h9-11,13-14,19-20,22H,7-8,12,15-18H2,1-6H3,(H,26,30)/t19-,22+,35-/m0/s1. The van der Waals surface area contributed by atoms with Crippen LogP contribution >= 0.6 is 7.75 Å². The first-order valence-corrected chi connectivity index (χ1v) is 13.9. The van der Waals surface area contributed by atoms with Crippen molar-refractivity contribution in [3.8, 4) is 5.75 Å². The fourth-order valence-electron chi connectivity index (χ4n) is 3.55. The van der Waals surface area contributed by atoms with Gasteiger partial charge in [-0.2, -0.15) is 5.09 Å². The van der Waals surface area contributed by atoms with Crippen LogP contribution in [-0.4, -0.2) is 54.4 Å². The second kappa shape index (κ2) is 13.3. The minimum atomic E-state index is -4.01. The van der Waals surface area contributed by atoms with E-state index in [1.54, 1.807) is 56.9 Å². The number of carbonyl (C=O) groups is 2. The van der Waals surface area contributed by atoms with Gasteiger partial charge in [-0.3, -0.25) is 9.32 Å². The average molecular weight is 513 g/mol. The van der Waals surface area contributed by atoms with Gasteiger partial charge in [0, 0.05) is 6.54 Å². The van der Waals surface area contributed by atoms with E-state index in [9.17, 15) is 14.2 Å². The third kappa shape index (κ3) is 10.2. The topological polar surface area (TPSA) is 103 Å². The lowest BCUT2D eigenvalue weighted by Crippen LogP contribution is -2.46. The fourth-order valence-corrected chi connectivity index (χ4v) is 5.25. The van der Waals surface area contributed by atoms with Crippen LogP contribution in [0.2, 0.25) is 0 Å². The molecule has 1 fully saturated rings. The van der Waals surface area contributed by atoms with Gasteiger partial charge in [0.1, 0.15) is 17.4 Å². The second-order valence-electron chi connectivity index (χ2n) is 9.86. The molecule has 0 saturated carbocycles. The minimum Gasteiger partial charge on any atom is -0.464 e. The maximum absolute atomic E-state index is 13.8. The third-order valence-corrected chi connectivity index (χ3v) is 7.34. The molecule has 1 N–H and O–H groups in total. The van der Waals surface area contributed by atoms with Crippen LogP contribution in [0.1, 0.15) is 67.2 Å². The van der Waals surface area contributed by atoms with Gasteiger partial charge in [-0.25, -0.2) is 9.36 Å². The van der Waals surface area contributed by atoms with E-state index in [4.69, 9.17) is 18.5 Å². The molecule has 35 heavy (non-hydrogen) atoms. The molecule has 1 aromatic carbocycles. The summed E-state index contributed by atoms with van der Waals surface area (Å²) in [5, 5.41) is 2.73. The number of amides is 1. The number of nitrogens with zero attached hydrogens (tertiary/aromatic N) is 1. The van der Waals surface area contributed by atoms with E-state index in [0.717, 1.165) is 12.8 Å². The molecule has 2 rings (SSSR count). The summed E-state index contributed by atoms with van der Waals surface area (Å²) < 4.78 is 36.4. The van der Waals surface area contributed by atoms with Crippen molar-refractivity contribution >= 4 is 19.8 Å². The van der Waals surface area contributed by atoms with Crippen molar-refractivity contribution in [2.75, 3.05) is 19.7 Å². The number of piperidine rings is 1. The van der Waals surface area contributed by atoms with Crippen LogP contribution in [0, 0.1) is 5.92 Å². The van der Waals surface area contributed by atoms with Crippen molar-refractivity contribution in [3.05, 3.63) is 30.3 Å². The highest BCUT2D eigenvalue weighted by Gasteiger charge is 2.38. The molecule has 1 aliphatic heterocycles. The molecule has 0 aliphatic carbocycles. The zero-order valence-corrected chi connectivity index (χ0v) is 22.7. The van der Waals surface area contributed by atoms with E-state index in [0.29, 0.717) is 31.7 Å². The number of para-hydroxylation sites is 1. The van der Waals surface area contributed by atoms with Crippen LogP contribution in [0.4, 0.5) is 4.79 Å². The van der Waals surface area contributed by atoms with E-state index < -0.39 is 37.6 Å². The lowest BCUT2D eigenvalue weighted by Gasteiger charge is -2.35. The maximum atomic E-state index is 13.8. The van der Waals surface area contributed by atoms with Gasteiger partial charge in [0.15, 0.2) is 0 Å². The molecule has 1 aliphatic rings. The Bertz CT molecular complexity index is 855. The fraction of sp³-hybridized carbons (Fsp3) is 0.680. The molecule has 198 valence electrons. The van der Waals surface area contributed by atoms with Crippen molar-refractivity contribution in [1.29, 1.82) is 0 Å². The number of carbonyl (C=O) groups excluding carboxylic acids is 2. The Morgan fingerprint density at radius 2 is 1.83 bits per heavy atom. The van der Waals surface area contributed by atoms with Gasteiger partial charge in [0.2, 0.25) is 0 Å². The van der Waals surface area contributed by atoms with Crippen LogP contribution < -0.4 is 9.61 Å². The molecular formula is C25H41N2O7P. The molecule has 0 unspecified atom stereocenters. The molecule has 10 heteroatoms. The highest BCUT2D eigenvalue weighted by Crippen LogP contribution is 2.47. The lowest BCUT2D eigenvalue weighted by molar-refractivity contribution is -0.146. The highest BCUT2D eigenvalue weighted by molar-refractivity contribution is 7.52. The molecule has 1 aromatic rings. The number of likely N-dealkylation sites (tertiary alicyclic amines) is 1. The van der Waals surface area contributed by atoms with Crippen LogP contribution in [-0.2, 0) is 23.4 Å². The molecule has 0 radical (unpaired) electrons. The molecule has 9 nitrogen and oxygen atoms in total. The maximum Gasteiger partial charge on any atom is 0.459 e. The summed E-state index contributed by atoms with van der Waals surface area (Å²) in [5.74, 6) is 0.0769. The summed E-state index contributed by atoms with van der Waals surface area (Å²) in [6.45, 7) is 12.1. The van der Waals surface area contributed by atoms with E-state index in [1.807, 2.05) is 19.9 Å². The number of hydrogen-bond donors (Lipinski definition) is 1. The van der Waals surface area contributed by atoms with Gasteiger partial charge in [-0.1, -0.05) is 44.9 Å². The monoisotopic (exact) mass is 512 g/mol. The van der Waals surface area contributed by atoms with Crippen molar-refractivity contribution in [2.24, 2.45) is 5.92 Å². The number of ether oxygens (including phenoxy) is 2. The summed E-state index contributed by atoms with van der Waals surface area (Å²) in [5.41, 5.74) is -0.623. The highest BCUT2D eigenvalue weighted by atomic mass is 31.2. The molecule has 1 saturated heterocycles. The van der Waals surface area contributed by atoms with E-state index in [1.165, 1.54) is 0 Å². The first kappa shape index (κ1) is 29.1. The molecular weight excluding hydrogens is 471 g/mol. The quantitative estimate of drug-likeness (QED) is 0.304. The first-order valence-electron chi connectivity index (χ1n) is 12.4. The molecule has 3 atom stereocenters. The Morgan fingerprint density at radius 1 is 1.17 bits per heavy atom. The Kier molecular flexibility index (Phi) is 11.1. The van der Waals surface area contributed by atoms with E-state index >= 15 is 0 Å². The zero-order chi connectivity index (χ0) is 26.1. The molecule has 0 spiro atoms. The molecule has 0 aromatic heterocycles. The van der Waals surface area contributed by atoms with E-state index in [-0.39, 0.29) is 12.5 Å². The molecule has 1 heterocycles. The number of nitrogens with one attached hydrogen (secondary N) is 1. The zero-order valence-electron chi connectivity index (χ0n) is 21.8. The van der Waals surface area contributed by atoms with Crippen LogP contribution in [0.25, 0.3) is 0 Å². The summed E-state index contributed by atoms with van der Waals surface area (Å²) in [7, 11) is -4.01. The largest absolute Gasteiger partial charge is 0.464 e. The van der Waals surface area contributed by atoms with Crippen molar-refractivity contribution in [2.45, 2.75) is 85.0 Å². The summed E-state index contributed by atoms with van der Waals surface area (Å²) in [4.78, 5) is 26.7. The Hall–Kier alpha value is -2.09. The van der Waals surface area contributed by atoms with Gasteiger partial charge in [0.25, 0.3) is 0 Å². The van der Waals surface area contributed by atoms with Gasteiger partial charge >= 0.3 is 19.8 Å². The first-order chi connectivity index (χ1) is 16.4. The lowest BCUT2D eigenvalue weighted by atomic mass is 10.1. The SMILES string of the molecule is CCC(CC)COC(=O)[C@H](C)N[P@](=O)(Oc1ccccc1)O[C@@H]1CCCN(C(=O)OC(C)(C)C)C1. The van der Waals surface area contributed by atoms with Crippen molar-refractivity contribution in [1.82, 2.24) is 9.99 Å². The van der Waals surface area contributed by atoms with Gasteiger partial charge < -0.3 is 18.9 Å². The smallest absolute Gasteiger partial charge is 0.459 e. The van der Waals surface area contributed by atoms with Crippen molar-refractivity contribution < 1.29 is 32.7 Å². The number of rotatable bonds is 11. The van der Waals surface area contributed by atoms with Gasteiger partial charge in [-0.05, 0) is 58.6 Å².